The van der Waals surface area contributed by atoms with Crippen LogP contribution in [-0.4, -0.2) is 16.8 Å². The highest BCUT2D eigenvalue weighted by Gasteiger charge is 2.10. The summed E-state index contributed by atoms with van der Waals surface area (Å²) in [7, 11) is 0. The average molecular weight is 367 g/mol. The molecule has 27 heavy (non-hydrogen) atoms. The molecule has 0 spiro atoms. The zero-order valence-corrected chi connectivity index (χ0v) is 14.7. The minimum Gasteiger partial charge on any atom is -0.441 e. The van der Waals surface area contributed by atoms with Crippen LogP contribution >= 0.6 is 0 Å². The zero-order chi connectivity index (χ0) is 19.2. The summed E-state index contributed by atoms with van der Waals surface area (Å²) in [5.41, 5.74) is 1.91. The average Bonchev–Trinajstić information content (AvgIpc) is 3.09. The molecule has 0 aliphatic rings. The molecule has 0 fully saturated rings. The van der Waals surface area contributed by atoms with Gasteiger partial charge in [0.2, 0.25) is 11.8 Å². The quantitative estimate of drug-likeness (QED) is 0.689. The van der Waals surface area contributed by atoms with Gasteiger partial charge in [0, 0.05) is 36.7 Å². The maximum Gasteiger partial charge on any atom is 0.224 e. The van der Waals surface area contributed by atoms with Gasteiger partial charge in [0.1, 0.15) is 5.82 Å². The van der Waals surface area contributed by atoms with Crippen molar-refractivity contribution in [3.8, 4) is 11.3 Å². The number of carbonyl (C=O) groups excluding carboxylic acids is 2. The summed E-state index contributed by atoms with van der Waals surface area (Å²) in [6, 6.07) is 12.8. The first-order valence-corrected chi connectivity index (χ1v) is 8.38. The maximum atomic E-state index is 13.0. The smallest absolute Gasteiger partial charge is 0.224 e. The lowest BCUT2D eigenvalue weighted by Crippen LogP contribution is -2.13. The van der Waals surface area contributed by atoms with E-state index in [2.05, 4.69) is 15.6 Å². The van der Waals surface area contributed by atoms with Gasteiger partial charge >= 0.3 is 0 Å². The number of hydrogen-bond donors (Lipinski definition) is 2. The molecule has 0 bridgehead atoms. The van der Waals surface area contributed by atoms with E-state index in [1.54, 1.807) is 42.6 Å². The highest BCUT2D eigenvalue weighted by atomic mass is 19.1. The monoisotopic (exact) mass is 367 g/mol. The molecule has 0 atom stereocenters. The number of nitrogens with one attached hydrogen (secondary N) is 2. The minimum atomic E-state index is -0.322. The molecule has 0 radical (unpaired) electrons. The maximum absolute atomic E-state index is 13.0. The van der Waals surface area contributed by atoms with Gasteiger partial charge in [-0.2, -0.15) is 0 Å². The summed E-state index contributed by atoms with van der Waals surface area (Å²) in [4.78, 5) is 27.4. The predicted octanol–water partition coefficient (Wildman–Crippen LogP) is 4.01. The fraction of sp³-hybridized carbons (Fsp3) is 0.150. The Bertz CT molecular complexity index is 951. The molecular formula is C20H18FN3O3. The first kappa shape index (κ1) is 18.3. The molecule has 138 valence electrons. The van der Waals surface area contributed by atoms with Crippen LogP contribution in [0.1, 0.15) is 19.2 Å². The van der Waals surface area contributed by atoms with E-state index in [-0.39, 0.29) is 24.1 Å². The van der Waals surface area contributed by atoms with Crippen LogP contribution in [0.4, 0.5) is 15.8 Å². The Kier molecular flexibility index (Phi) is 5.61. The van der Waals surface area contributed by atoms with Crippen molar-refractivity contribution >= 4 is 23.2 Å². The van der Waals surface area contributed by atoms with Crippen molar-refractivity contribution in [1.82, 2.24) is 4.98 Å². The Morgan fingerprint density at radius 2 is 1.78 bits per heavy atom. The summed E-state index contributed by atoms with van der Waals surface area (Å²) in [5, 5.41) is 5.43. The van der Waals surface area contributed by atoms with E-state index in [0.717, 1.165) is 5.56 Å². The van der Waals surface area contributed by atoms with Gasteiger partial charge in [-0.25, -0.2) is 9.37 Å². The summed E-state index contributed by atoms with van der Waals surface area (Å²) >= 11 is 0. The van der Waals surface area contributed by atoms with Gasteiger partial charge in [0.25, 0.3) is 0 Å². The van der Waals surface area contributed by atoms with Crippen LogP contribution in [0.15, 0.2) is 59.1 Å². The van der Waals surface area contributed by atoms with E-state index in [9.17, 15) is 14.0 Å². The Morgan fingerprint density at radius 1 is 1.07 bits per heavy atom. The SMILES string of the molecule is CC(=O)Nc1cccc(NC(=O)CCc2ncc(-c3ccc(F)cc3)o2)c1. The fourth-order valence-corrected chi connectivity index (χ4v) is 2.50. The molecule has 6 nitrogen and oxygen atoms in total. The van der Waals surface area contributed by atoms with Crippen LogP contribution in [0.3, 0.4) is 0 Å². The molecular weight excluding hydrogens is 349 g/mol. The van der Waals surface area contributed by atoms with Gasteiger partial charge in [-0.3, -0.25) is 9.59 Å². The zero-order valence-electron chi connectivity index (χ0n) is 14.7. The summed E-state index contributed by atoms with van der Waals surface area (Å²) in [5.74, 6) is 0.249. The predicted molar refractivity (Wildman–Crippen MR) is 99.6 cm³/mol. The second-order valence-corrected chi connectivity index (χ2v) is 5.94. The second-order valence-electron chi connectivity index (χ2n) is 5.94. The van der Waals surface area contributed by atoms with Gasteiger partial charge in [0.05, 0.1) is 6.20 Å². The van der Waals surface area contributed by atoms with Crippen LogP contribution in [-0.2, 0) is 16.0 Å². The molecule has 7 heteroatoms. The van der Waals surface area contributed by atoms with E-state index in [1.165, 1.54) is 19.1 Å². The van der Waals surface area contributed by atoms with Crippen LogP contribution in [0, 0.1) is 5.82 Å². The number of aryl methyl sites for hydroxylation is 1. The highest BCUT2D eigenvalue weighted by molar-refractivity contribution is 5.93. The third kappa shape index (κ3) is 5.24. The van der Waals surface area contributed by atoms with Gasteiger partial charge in [0.15, 0.2) is 11.7 Å². The summed E-state index contributed by atoms with van der Waals surface area (Å²) in [6.45, 7) is 1.42. The van der Waals surface area contributed by atoms with Gasteiger partial charge in [-0.05, 0) is 42.5 Å². The van der Waals surface area contributed by atoms with Crippen LogP contribution in [0.25, 0.3) is 11.3 Å². The topological polar surface area (TPSA) is 84.2 Å². The Morgan fingerprint density at radius 3 is 2.48 bits per heavy atom. The number of hydrogen-bond acceptors (Lipinski definition) is 4. The second kappa shape index (κ2) is 8.27. The molecule has 2 N–H and O–H groups in total. The van der Waals surface area contributed by atoms with E-state index in [1.807, 2.05) is 0 Å². The molecule has 0 saturated heterocycles. The first-order valence-electron chi connectivity index (χ1n) is 8.38. The lowest BCUT2D eigenvalue weighted by molar-refractivity contribution is -0.116. The molecule has 3 aromatic rings. The fourth-order valence-electron chi connectivity index (χ4n) is 2.50. The molecule has 3 rings (SSSR count). The number of anilines is 2. The number of rotatable bonds is 6. The number of benzene rings is 2. The van der Waals surface area contributed by atoms with Gasteiger partial charge in [-0.15, -0.1) is 0 Å². The number of halogens is 1. The van der Waals surface area contributed by atoms with Crippen molar-refractivity contribution in [1.29, 1.82) is 0 Å². The molecule has 0 unspecified atom stereocenters. The lowest BCUT2D eigenvalue weighted by atomic mass is 10.2. The molecule has 2 aromatic carbocycles. The van der Waals surface area contributed by atoms with Crippen LogP contribution in [0.5, 0.6) is 0 Å². The first-order chi connectivity index (χ1) is 13.0. The van der Waals surface area contributed by atoms with Crippen LogP contribution in [0.2, 0.25) is 0 Å². The molecule has 1 heterocycles. The molecule has 1 aromatic heterocycles. The summed E-state index contributed by atoms with van der Waals surface area (Å²) < 4.78 is 18.6. The summed E-state index contributed by atoms with van der Waals surface area (Å²) in [6.07, 6.45) is 2.07. The Balaban J connectivity index is 1.55. The lowest BCUT2D eigenvalue weighted by Gasteiger charge is -2.07. The third-order valence-corrected chi connectivity index (χ3v) is 3.71. The largest absolute Gasteiger partial charge is 0.441 e. The van der Waals surface area contributed by atoms with E-state index in [4.69, 9.17) is 4.42 Å². The van der Waals surface area contributed by atoms with Crippen molar-refractivity contribution in [3.63, 3.8) is 0 Å². The Labute approximate surface area is 155 Å². The third-order valence-electron chi connectivity index (χ3n) is 3.71. The molecule has 0 aliphatic heterocycles. The van der Waals surface area contributed by atoms with Crippen molar-refractivity contribution in [3.05, 3.63) is 66.4 Å². The van der Waals surface area contributed by atoms with Crippen LogP contribution < -0.4 is 10.6 Å². The Hall–Kier alpha value is -3.48. The minimum absolute atomic E-state index is 0.181. The standard InChI is InChI=1S/C20H18FN3O3/c1-13(25)23-16-3-2-4-17(11-16)24-19(26)9-10-20-22-12-18(27-20)14-5-7-15(21)8-6-14/h2-8,11-12H,9-10H2,1H3,(H,23,25)(H,24,26). The van der Waals surface area contributed by atoms with E-state index >= 15 is 0 Å². The number of amides is 2. The highest BCUT2D eigenvalue weighted by Crippen LogP contribution is 2.21. The van der Waals surface area contributed by atoms with E-state index in [0.29, 0.717) is 29.4 Å². The number of carbonyl (C=O) groups is 2. The number of aromatic nitrogens is 1. The number of nitrogens with zero attached hydrogens (tertiary/aromatic N) is 1. The molecule has 0 aliphatic carbocycles. The van der Waals surface area contributed by atoms with Gasteiger partial charge in [-0.1, -0.05) is 6.07 Å². The number of oxazole rings is 1. The van der Waals surface area contributed by atoms with Crippen molar-refractivity contribution < 1.29 is 18.4 Å². The molecule has 0 saturated carbocycles. The normalized spacial score (nSPS) is 10.4. The van der Waals surface area contributed by atoms with Crippen molar-refractivity contribution in [2.24, 2.45) is 0 Å². The molecule has 2 amide bonds. The van der Waals surface area contributed by atoms with Gasteiger partial charge < -0.3 is 15.1 Å². The van der Waals surface area contributed by atoms with E-state index < -0.39 is 0 Å². The van der Waals surface area contributed by atoms with Crippen molar-refractivity contribution in [2.45, 2.75) is 19.8 Å². The van der Waals surface area contributed by atoms with Crippen molar-refractivity contribution in [2.75, 3.05) is 10.6 Å².